The van der Waals surface area contributed by atoms with Crippen LogP contribution in [-0.2, 0) is 4.79 Å². The van der Waals surface area contributed by atoms with Crippen LogP contribution < -0.4 is 40.4 Å². The average molecular weight is 308 g/mol. The minimum atomic E-state index is -1.01. The minimum absolute atomic E-state index is 0. The van der Waals surface area contributed by atoms with Crippen molar-refractivity contribution < 1.29 is 39.5 Å². The maximum Gasteiger partial charge on any atom is 1.00 e. The van der Waals surface area contributed by atoms with Crippen LogP contribution in [0.5, 0.6) is 0 Å². The van der Waals surface area contributed by atoms with Crippen molar-refractivity contribution in [3.05, 3.63) is 0 Å². The van der Waals surface area contributed by atoms with Gasteiger partial charge in [0, 0.05) is 19.6 Å². The number of hydrogen-bond donors (Lipinski definition) is 1. The van der Waals surface area contributed by atoms with Gasteiger partial charge in [-0.15, -0.1) is 0 Å². The standard InChI is InChI=1S/C16H34N2O2.Na/c1-2-3-4-5-6-7-8-9-10-11-13-18(14-12-17)15-16(19)20;/h2-15,17H2,1H3,(H,19,20);/q;+1/p-1. The van der Waals surface area contributed by atoms with E-state index in [0.29, 0.717) is 13.1 Å². The molecule has 0 radical (unpaired) electrons. The Morgan fingerprint density at radius 3 is 1.81 bits per heavy atom. The van der Waals surface area contributed by atoms with Gasteiger partial charge in [-0.2, -0.15) is 0 Å². The van der Waals surface area contributed by atoms with Crippen LogP contribution in [-0.4, -0.2) is 37.0 Å². The maximum atomic E-state index is 10.6. The summed E-state index contributed by atoms with van der Waals surface area (Å²) in [6.07, 6.45) is 13.0. The molecule has 21 heavy (non-hydrogen) atoms. The van der Waals surface area contributed by atoms with Crippen molar-refractivity contribution in [2.45, 2.75) is 71.1 Å². The van der Waals surface area contributed by atoms with Gasteiger partial charge in [0.25, 0.3) is 0 Å². The quantitative estimate of drug-likeness (QED) is 0.309. The van der Waals surface area contributed by atoms with Crippen LogP contribution in [0.2, 0.25) is 0 Å². The van der Waals surface area contributed by atoms with E-state index in [1.54, 1.807) is 0 Å². The van der Waals surface area contributed by atoms with Crippen LogP contribution in [0.15, 0.2) is 0 Å². The SMILES string of the molecule is CCCCCCCCCCCCN(CCN)CC(=O)[O-].[Na+]. The topological polar surface area (TPSA) is 69.4 Å². The van der Waals surface area contributed by atoms with E-state index in [4.69, 9.17) is 5.73 Å². The molecule has 0 unspecified atom stereocenters. The van der Waals surface area contributed by atoms with E-state index in [9.17, 15) is 9.90 Å². The van der Waals surface area contributed by atoms with Gasteiger partial charge in [-0.05, 0) is 13.0 Å². The Balaban J connectivity index is 0. The van der Waals surface area contributed by atoms with Crippen molar-refractivity contribution in [1.82, 2.24) is 4.90 Å². The maximum absolute atomic E-state index is 10.6. The van der Waals surface area contributed by atoms with Gasteiger partial charge in [-0.1, -0.05) is 64.7 Å². The Bertz CT molecular complexity index is 228. The molecule has 2 N–H and O–H groups in total. The van der Waals surface area contributed by atoms with E-state index < -0.39 is 5.97 Å². The van der Waals surface area contributed by atoms with Gasteiger partial charge < -0.3 is 15.6 Å². The molecule has 0 aromatic carbocycles. The first-order valence-electron chi connectivity index (χ1n) is 8.33. The van der Waals surface area contributed by atoms with Gasteiger partial charge in [-0.3, -0.25) is 4.90 Å². The van der Waals surface area contributed by atoms with Crippen LogP contribution >= 0.6 is 0 Å². The summed E-state index contributed by atoms with van der Waals surface area (Å²) in [6.45, 7) is 4.22. The number of carbonyl (C=O) groups excluding carboxylic acids is 1. The molecule has 0 saturated heterocycles. The summed E-state index contributed by atoms with van der Waals surface area (Å²) in [4.78, 5) is 12.4. The van der Waals surface area contributed by atoms with Crippen molar-refractivity contribution >= 4 is 5.97 Å². The van der Waals surface area contributed by atoms with E-state index in [2.05, 4.69) is 6.92 Å². The molecular formula is C16H33N2NaO2. The Kier molecular flexibility index (Phi) is 20.8. The van der Waals surface area contributed by atoms with Gasteiger partial charge in [-0.25, -0.2) is 0 Å². The number of aliphatic carboxylic acids is 1. The molecule has 0 spiro atoms. The van der Waals surface area contributed by atoms with Gasteiger partial charge in [0.15, 0.2) is 0 Å². The summed E-state index contributed by atoms with van der Waals surface area (Å²) in [5, 5.41) is 10.6. The minimum Gasteiger partial charge on any atom is -0.549 e. The van der Waals surface area contributed by atoms with Crippen LogP contribution in [0, 0.1) is 0 Å². The molecule has 0 aliphatic heterocycles. The summed E-state index contributed by atoms with van der Waals surface area (Å²) in [5.41, 5.74) is 5.47. The number of unbranched alkanes of at least 4 members (excludes halogenated alkanes) is 9. The average Bonchev–Trinajstić information content (AvgIpc) is 2.40. The number of hydrogen-bond acceptors (Lipinski definition) is 4. The first-order valence-corrected chi connectivity index (χ1v) is 8.33. The molecule has 0 fully saturated rings. The largest absolute Gasteiger partial charge is 1.00 e. The molecule has 4 nitrogen and oxygen atoms in total. The van der Waals surface area contributed by atoms with Crippen molar-refractivity contribution in [2.75, 3.05) is 26.2 Å². The van der Waals surface area contributed by atoms with Crippen molar-refractivity contribution in [2.24, 2.45) is 5.73 Å². The zero-order chi connectivity index (χ0) is 15.1. The van der Waals surface area contributed by atoms with E-state index >= 15 is 0 Å². The predicted octanol–water partition coefficient (Wildman–Crippen LogP) is -1.08. The smallest absolute Gasteiger partial charge is 0.549 e. The molecule has 0 aliphatic carbocycles. The summed E-state index contributed by atoms with van der Waals surface area (Å²) in [5.74, 6) is -1.01. The van der Waals surface area contributed by atoms with E-state index in [1.807, 2.05) is 4.90 Å². The van der Waals surface area contributed by atoms with Crippen molar-refractivity contribution in [3.8, 4) is 0 Å². The third-order valence-corrected chi connectivity index (χ3v) is 3.63. The molecule has 0 amide bonds. The van der Waals surface area contributed by atoms with E-state index in [-0.39, 0.29) is 36.1 Å². The number of rotatable bonds is 15. The normalized spacial score (nSPS) is 10.6. The second-order valence-corrected chi connectivity index (χ2v) is 5.62. The first-order chi connectivity index (χ1) is 9.70. The predicted molar refractivity (Wildman–Crippen MR) is 82.3 cm³/mol. The van der Waals surface area contributed by atoms with Crippen LogP contribution in [0.1, 0.15) is 71.1 Å². The second kappa shape index (κ2) is 18.4. The monoisotopic (exact) mass is 308 g/mol. The molecule has 0 aromatic heterocycles. The Morgan fingerprint density at radius 2 is 1.38 bits per heavy atom. The Labute approximate surface area is 153 Å². The zero-order valence-electron chi connectivity index (χ0n) is 14.2. The third kappa shape index (κ3) is 18.3. The fourth-order valence-corrected chi connectivity index (χ4v) is 2.46. The number of carboxylic acids is 1. The van der Waals surface area contributed by atoms with Crippen LogP contribution in [0.4, 0.5) is 0 Å². The molecule has 0 aromatic rings. The van der Waals surface area contributed by atoms with E-state index in [1.165, 1.54) is 57.8 Å². The molecule has 5 heteroatoms. The molecule has 0 aliphatic rings. The number of carbonyl (C=O) groups is 1. The summed E-state index contributed by atoms with van der Waals surface area (Å²) < 4.78 is 0. The zero-order valence-corrected chi connectivity index (χ0v) is 16.2. The third-order valence-electron chi connectivity index (χ3n) is 3.63. The summed E-state index contributed by atoms with van der Waals surface area (Å²) in [6, 6.07) is 0. The van der Waals surface area contributed by atoms with Crippen molar-refractivity contribution in [1.29, 1.82) is 0 Å². The Hall–Kier alpha value is 0.390. The van der Waals surface area contributed by atoms with E-state index in [0.717, 1.165) is 13.0 Å². The van der Waals surface area contributed by atoms with Gasteiger partial charge in [0.05, 0.1) is 5.97 Å². The first kappa shape index (κ1) is 23.7. The van der Waals surface area contributed by atoms with Crippen molar-refractivity contribution in [3.63, 3.8) is 0 Å². The summed E-state index contributed by atoms with van der Waals surface area (Å²) >= 11 is 0. The number of nitrogens with zero attached hydrogens (tertiary/aromatic N) is 1. The number of nitrogens with two attached hydrogens (primary N) is 1. The number of carboxylic acid groups (broad SMARTS) is 1. The fraction of sp³-hybridized carbons (Fsp3) is 0.938. The molecule has 0 heterocycles. The second-order valence-electron chi connectivity index (χ2n) is 5.62. The molecule has 0 rings (SSSR count). The molecule has 0 saturated carbocycles. The molecule has 0 bridgehead atoms. The van der Waals surface area contributed by atoms with Gasteiger partial charge >= 0.3 is 29.6 Å². The molecule has 120 valence electrons. The van der Waals surface area contributed by atoms with Crippen LogP contribution in [0.25, 0.3) is 0 Å². The van der Waals surface area contributed by atoms with Gasteiger partial charge in [0.2, 0.25) is 0 Å². The molecule has 0 atom stereocenters. The fourth-order valence-electron chi connectivity index (χ4n) is 2.46. The summed E-state index contributed by atoms with van der Waals surface area (Å²) in [7, 11) is 0. The van der Waals surface area contributed by atoms with Crippen LogP contribution in [0.3, 0.4) is 0 Å². The van der Waals surface area contributed by atoms with Gasteiger partial charge in [0.1, 0.15) is 0 Å². The molecular weight excluding hydrogens is 275 g/mol. The Morgan fingerprint density at radius 1 is 0.905 bits per heavy atom.